The summed E-state index contributed by atoms with van der Waals surface area (Å²) in [6, 6.07) is 7.29. The van der Waals surface area contributed by atoms with Gasteiger partial charge in [0.2, 0.25) is 0 Å². The molecule has 0 aliphatic carbocycles. The number of pyridine rings is 1. The van der Waals surface area contributed by atoms with Crippen molar-refractivity contribution in [2.45, 2.75) is 19.2 Å². The lowest BCUT2D eigenvalue weighted by Crippen LogP contribution is -2.12. The number of rotatable bonds is 6. The van der Waals surface area contributed by atoms with Gasteiger partial charge in [0, 0.05) is 12.4 Å². The van der Waals surface area contributed by atoms with Crippen molar-refractivity contribution >= 4 is 23.5 Å². The van der Waals surface area contributed by atoms with E-state index in [0.29, 0.717) is 12.4 Å². The van der Waals surface area contributed by atoms with Crippen LogP contribution in [0.4, 0.5) is 5.82 Å². The van der Waals surface area contributed by atoms with Gasteiger partial charge in [0.25, 0.3) is 5.91 Å². The summed E-state index contributed by atoms with van der Waals surface area (Å²) in [5.74, 6) is 1.86. The van der Waals surface area contributed by atoms with Gasteiger partial charge in [-0.1, -0.05) is 5.21 Å². The fourth-order valence-corrected chi connectivity index (χ4v) is 2.62. The largest absolute Gasteiger partial charge is 0.455 e. The highest BCUT2D eigenvalue weighted by Crippen LogP contribution is 2.16. The minimum absolute atomic E-state index is 0.266. The Morgan fingerprint density at radius 3 is 2.83 bits per heavy atom. The maximum absolute atomic E-state index is 12.3. The van der Waals surface area contributed by atoms with Crippen molar-refractivity contribution in [1.82, 2.24) is 20.0 Å². The number of amides is 1. The number of hydrogen-bond donors (Lipinski definition) is 1. The summed E-state index contributed by atoms with van der Waals surface area (Å²) in [4.78, 5) is 16.2. The van der Waals surface area contributed by atoms with Crippen molar-refractivity contribution < 1.29 is 9.21 Å². The van der Waals surface area contributed by atoms with Gasteiger partial charge >= 0.3 is 0 Å². The van der Waals surface area contributed by atoms with Crippen LogP contribution in [0.25, 0.3) is 0 Å². The molecule has 0 saturated carbocycles. The second kappa shape index (κ2) is 7.31. The molecule has 3 rings (SSSR count). The summed E-state index contributed by atoms with van der Waals surface area (Å²) in [5, 5.41) is 10.9. The van der Waals surface area contributed by atoms with Gasteiger partial charge in [-0.3, -0.25) is 9.78 Å². The molecule has 24 heavy (non-hydrogen) atoms. The summed E-state index contributed by atoms with van der Waals surface area (Å²) >= 11 is 1.63. The van der Waals surface area contributed by atoms with Gasteiger partial charge in [0.15, 0.2) is 11.6 Å². The predicted octanol–water partition coefficient (Wildman–Crippen LogP) is 2.74. The van der Waals surface area contributed by atoms with E-state index in [9.17, 15) is 4.79 Å². The normalized spacial score (nSPS) is 10.8. The molecule has 1 N–H and O–H groups in total. The first-order valence-corrected chi connectivity index (χ1v) is 8.74. The predicted molar refractivity (Wildman–Crippen MR) is 92.0 cm³/mol. The Morgan fingerprint density at radius 2 is 2.08 bits per heavy atom. The average molecular weight is 343 g/mol. The Balaban J connectivity index is 1.70. The van der Waals surface area contributed by atoms with Crippen LogP contribution in [0.2, 0.25) is 0 Å². The van der Waals surface area contributed by atoms with Gasteiger partial charge in [0.1, 0.15) is 5.76 Å². The van der Waals surface area contributed by atoms with Crippen LogP contribution in [0.15, 0.2) is 41.1 Å². The number of carbonyl (C=O) groups excluding carboxylic acids is 1. The molecule has 3 heterocycles. The summed E-state index contributed by atoms with van der Waals surface area (Å²) in [7, 11) is 0. The Hall–Kier alpha value is -2.61. The highest BCUT2D eigenvalue weighted by atomic mass is 32.2. The van der Waals surface area contributed by atoms with Crippen molar-refractivity contribution in [2.75, 3.05) is 11.6 Å². The van der Waals surface area contributed by atoms with Crippen LogP contribution in [0.3, 0.4) is 0 Å². The number of aromatic nitrogens is 4. The van der Waals surface area contributed by atoms with Crippen molar-refractivity contribution in [3.8, 4) is 0 Å². The smallest absolute Gasteiger partial charge is 0.292 e. The summed E-state index contributed by atoms with van der Waals surface area (Å²) in [6.45, 7) is 2.42. The topological polar surface area (TPSA) is 85.8 Å². The van der Waals surface area contributed by atoms with Gasteiger partial charge in [0.05, 0.1) is 18.0 Å². The molecule has 0 atom stereocenters. The van der Waals surface area contributed by atoms with E-state index in [1.54, 1.807) is 41.0 Å². The van der Waals surface area contributed by atoms with Crippen LogP contribution in [0.5, 0.6) is 0 Å². The van der Waals surface area contributed by atoms with E-state index in [-0.39, 0.29) is 11.7 Å². The molecule has 0 spiro atoms. The van der Waals surface area contributed by atoms with Crippen molar-refractivity contribution in [3.63, 3.8) is 0 Å². The van der Waals surface area contributed by atoms with Crippen LogP contribution in [0.1, 0.15) is 27.6 Å². The van der Waals surface area contributed by atoms with Crippen LogP contribution < -0.4 is 5.32 Å². The number of nitrogens with one attached hydrogen (secondary N) is 1. The molecule has 1 amide bonds. The number of nitrogens with zero attached hydrogens (tertiary/aromatic N) is 4. The number of anilines is 1. The number of thioether (sulfide) groups is 1. The van der Waals surface area contributed by atoms with Gasteiger partial charge in [-0.15, -0.1) is 5.10 Å². The molecule has 0 radical (unpaired) electrons. The third kappa shape index (κ3) is 3.65. The fraction of sp³-hybridized carbons (Fsp3) is 0.250. The molecule has 3 aromatic rings. The molecule has 0 unspecified atom stereocenters. The fourth-order valence-electron chi connectivity index (χ4n) is 2.18. The second-order valence-electron chi connectivity index (χ2n) is 5.19. The molecular formula is C16H17N5O2S. The third-order valence-corrected chi connectivity index (χ3v) is 4.04. The highest BCUT2D eigenvalue weighted by Gasteiger charge is 2.16. The van der Waals surface area contributed by atoms with E-state index in [1.807, 2.05) is 25.3 Å². The molecule has 0 aromatic carbocycles. The van der Waals surface area contributed by atoms with Gasteiger partial charge < -0.3 is 9.73 Å². The molecule has 8 heteroatoms. The lowest BCUT2D eigenvalue weighted by molar-refractivity contribution is 0.0995. The first-order valence-electron chi connectivity index (χ1n) is 7.35. The van der Waals surface area contributed by atoms with Crippen LogP contribution in [-0.4, -0.2) is 32.1 Å². The number of furan rings is 1. The van der Waals surface area contributed by atoms with Crippen molar-refractivity contribution in [1.29, 1.82) is 0 Å². The van der Waals surface area contributed by atoms with Gasteiger partial charge in [-0.2, -0.15) is 11.8 Å². The number of hydrogen-bond acceptors (Lipinski definition) is 6. The average Bonchev–Trinajstić information content (AvgIpc) is 3.18. The monoisotopic (exact) mass is 343 g/mol. The van der Waals surface area contributed by atoms with Gasteiger partial charge in [-0.05, 0) is 43.0 Å². The SMILES string of the molecule is CSCc1ccc(C(=O)Nc2nnn(Cc3ccncc3)c2C)o1. The quantitative estimate of drug-likeness (QED) is 0.741. The van der Waals surface area contributed by atoms with E-state index < -0.39 is 0 Å². The lowest BCUT2D eigenvalue weighted by Gasteiger charge is -2.04. The van der Waals surface area contributed by atoms with Gasteiger partial charge in [-0.25, -0.2) is 4.68 Å². The minimum atomic E-state index is -0.332. The molecule has 3 aromatic heterocycles. The third-order valence-electron chi connectivity index (χ3n) is 3.47. The van der Waals surface area contributed by atoms with Crippen molar-refractivity contribution in [2.24, 2.45) is 0 Å². The summed E-state index contributed by atoms with van der Waals surface area (Å²) in [6.07, 6.45) is 5.44. The van der Waals surface area contributed by atoms with E-state index in [4.69, 9.17) is 4.42 Å². The van der Waals surface area contributed by atoms with Crippen molar-refractivity contribution in [3.05, 3.63) is 59.4 Å². The maximum atomic E-state index is 12.3. The molecule has 7 nitrogen and oxygen atoms in total. The zero-order valence-electron chi connectivity index (χ0n) is 13.4. The minimum Gasteiger partial charge on any atom is -0.455 e. The van der Waals surface area contributed by atoms with Crippen LogP contribution >= 0.6 is 11.8 Å². The maximum Gasteiger partial charge on any atom is 0.292 e. The number of carbonyl (C=O) groups is 1. The highest BCUT2D eigenvalue weighted by molar-refractivity contribution is 7.97. The Morgan fingerprint density at radius 1 is 1.29 bits per heavy atom. The first-order chi connectivity index (χ1) is 11.7. The molecule has 0 aliphatic rings. The van der Waals surface area contributed by atoms with Crippen LogP contribution in [-0.2, 0) is 12.3 Å². The summed E-state index contributed by atoms with van der Waals surface area (Å²) in [5.41, 5.74) is 1.83. The zero-order valence-corrected chi connectivity index (χ0v) is 14.2. The van der Waals surface area contributed by atoms with E-state index >= 15 is 0 Å². The molecule has 0 fully saturated rings. The first kappa shape index (κ1) is 16.3. The molecule has 0 saturated heterocycles. The molecule has 0 aliphatic heterocycles. The molecule has 124 valence electrons. The molecular weight excluding hydrogens is 326 g/mol. The lowest BCUT2D eigenvalue weighted by atomic mass is 10.2. The Kier molecular flexibility index (Phi) is 4.95. The van der Waals surface area contributed by atoms with Crippen LogP contribution in [0, 0.1) is 6.92 Å². The van der Waals surface area contributed by atoms with E-state index in [0.717, 1.165) is 22.8 Å². The summed E-state index contributed by atoms with van der Waals surface area (Å²) < 4.78 is 7.23. The Bertz CT molecular complexity index is 828. The van der Waals surface area contributed by atoms with E-state index in [1.165, 1.54) is 0 Å². The standard InChI is InChI=1S/C16H17N5O2S/c1-11-15(18-16(22)14-4-3-13(23-14)10-24-2)19-20-21(11)9-12-5-7-17-8-6-12/h3-8H,9-10H2,1-2H3,(H,18,22). The molecule has 0 bridgehead atoms. The second-order valence-corrected chi connectivity index (χ2v) is 6.06. The Labute approximate surface area is 143 Å². The zero-order chi connectivity index (χ0) is 16.9. The van der Waals surface area contributed by atoms with E-state index in [2.05, 4.69) is 20.6 Å².